The molecule has 0 fully saturated rings. The lowest BCUT2D eigenvalue weighted by Crippen LogP contribution is -1.98. The molecule has 0 N–H and O–H groups in total. The molecule has 0 saturated carbocycles. The van der Waals surface area contributed by atoms with E-state index in [4.69, 9.17) is 13.7 Å². The van der Waals surface area contributed by atoms with Crippen LogP contribution in [-0.4, -0.2) is 17.3 Å². The molecule has 0 aliphatic heterocycles. The van der Waals surface area contributed by atoms with Crippen molar-refractivity contribution in [3.63, 3.8) is 0 Å². The maximum atomic E-state index is 5.39. The Morgan fingerprint density at radius 2 is 2.14 bits per heavy atom. The Hall–Kier alpha value is -2.56. The van der Waals surface area contributed by atoms with Gasteiger partial charge in [0.05, 0.1) is 25.7 Å². The van der Waals surface area contributed by atoms with E-state index in [1.807, 2.05) is 44.2 Å². The highest BCUT2D eigenvalue weighted by atomic mass is 16.5. The van der Waals surface area contributed by atoms with Crippen LogP contribution in [-0.2, 0) is 6.42 Å². The lowest BCUT2D eigenvalue weighted by Gasteiger charge is -2.05. The minimum Gasteiger partial charge on any atom is -0.497 e. The first kappa shape index (κ1) is 14.4. The molecule has 3 rings (SSSR count). The number of methoxy groups -OCH3 is 1. The number of aryl methyl sites for hydroxylation is 1. The van der Waals surface area contributed by atoms with Crippen LogP contribution in [0.25, 0.3) is 0 Å². The van der Waals surface area contributed by atoms with E-state index in [-0.39, 0.29) is 5.92 Å². The van der Waals surface area contributed by atoms with Crippen molar-refractivity contribution in [2.45, 2.75) is 26.2 Å². The molecule has 0 bridgehead atoms. The molecule has 1 atom stereocenters. The molecule has 22 heavy (non-hydrogen) atoms. The molecule has 0 aliphatic rings. The van der Waals surface area contributed by atoms with Crippen LogP contribution in [0.3, 0.4) is 0 Å². The molecule has 3 aromatic rings. The minimum absolute atomic E-state index is 0.0236. The largest absolute Gasteiger partial charge is 0.497 e. The van der Waals surface area contributed by atoms with Crippen LogP contribution in [0.15, 0.2) is 45.5 Å². The summed E-state index contributed by atoms with van der Waals surface area (Å²) in [6.07, 6.45) is 2.25. The van der Waals surface area contributed by atoms with Gasteiger partial charge >= 0.3 is 0 Å². The summed E-state index contributed by atoms with van der Waals surface area (Å²) in [5.41, 5.74) is 2.28. The number of furan rings is 1. The quantitative estimate of drug-likeness (QED) is 0.718. The third-order valence-electron chi connectivity index (χ3n) is 3.73. The molecule has 114 valence electrons. The van der Waals surface area contributed by atoms with E-state index < -0.39 is 0 Å². The Labute approximate surface area is 128 Å². The first-order valence-corrected chi connectivity index (χ1v) is 7.16. The van der Waals surface area contributed by atoms with Crippen LogP contribution >= 0.6 is 0 Å². The molecule has 0 spiro atoms. The van der Waals surface area contributed by atoms with Crippen molar-refractivity contribution in [2.75, 3.05) is 7.11 Å². The summed E-state index contributed by atoms with van der Waals surface area (Å²) in [7, 11) is 1.66. The van der Waals surface area contributed by atoms with Crippen LogP contribution in [0.5, 0.6) is 5.75 Å². The van der Waals surface area contributed by atoms with Crippen molar-refractivity contribution in [3.05, 3.63) is 65.2 Å². The Balaban J connectivity index is 1.77. The Kier molecular flexibility index (Phi) is 3.96. The molecule has 1 unspecified atom stereocenters. The van der Waals surface area contributed by atoms with E-state index in [0.29, 0.717) is 18.1 Å². The summed E-state index contributed by atoms with van der Waals surface area (Å²) in [4.78, 5) is 4.48. The molecule has 5 nitrogen and oxygen atoms in total. The van der Waals surface area contributed by atoms with E-state index >= 15 is 0 Å². The van der Waals surface area contributed by atoms with Gasteiger partial charge in [0.2, 0.25) is 5.89 Å². The van der Waals surface area contributed by atoms with Crippen LogP contribution in [0, 0.1) is 6.92 Å². The standard InChI is InChI=1S/C17H18N2O3/c1-11-9-14(20-3)7-6-13(11)10-16-18-17(19-22-16)12(2)15-5-4-8-21-15/h4-9,12H,10H2,1-3H3. The summed E-state index contributed by atoms with van der Waals surface area (Å²) in [6.45, 7) is 4.03. The zero-order valence-corrected chi connectivity index (χ0v) is 12.9. The Bertz CT molecular complexity index is 747. The number of aromatic nitrogens is 2. The second-order valence-corrected chi connectivity index (χ2v) is 5.25. The van der Waals surface area contributed by atoms with Gasteiger partial charge in [-0.25, -0.2) is 0 Å². The lowest BCUT2D eigenvalue weighted by molar-refractivity contribution is 0.375. The zero-order valence-electron chi connectivity index (χ0n) is 12.9. The van der Waals surface area contributed by atoms with Gasteiger partial charge in [0.25, 0.3) is 0 Å². The first-order chi connectivity index (χ1) is 10.7. The van der Waals surface area contributed by atoms with Crippen LogP contribution in [0.1, 0.15) is 41.4 Å². The van der Waals surface area contributed by atoms with E-state index in [9.17, 15) is 0 Å². The van der Waals surface area contributed by atoms with Crippen LogP contribution < -0.4 is 4.74 Å². The smallest absolute Gasteiger partial charge is 0.231 e. The number of nitrogens with zero attached hydrogens (tertiary/aromatic N) is 2. The van der Waals surface area contributed by atoms with Crippen LogP contribution in [0.2, 0.25) is 0 Å². The predicted octanol–water partition coefficient (Wildman–Crippen LogP) is 3.72. The summed E-state index contributed by atoms with van der Waals surface area (Å²) < 4.78 is 16.0. The van der Waals surface area contributed by atoms with Gasteiger partial charge in [0, 0.05) is 0 Å². The fourth-order valence-corrected chi connectivity index (χ4v) is 2.34. The average molecular weight is 298 g/mol. The van der Waals surface area contributed by atoms with Gasteiger partial charge in [0.15, 0.2) is 5.82 Å². The Morgan fingerprint density at radius 1 is 1.27 bits per heavy atom. The maximum absolute atomic E-state index is 5.39. The van der Waals surface area contributed by atoms with Crippen molar-refractivity contribution < 1.29 is 13.7 Å². The maximum Gasteiger partial charge on any atom is 0.231 e. The number of hydrogen-bond donors (Lipinski definition) is 0. The van der Waals surface area contributed by atoms with Gasteiger partial charge in [-0.05, 0) is 49.2 Å². The summed E-state index contributed by atoms with van der Waals surface area (Å²) in [5.74, 6) is 2.88. The fraction of sp³-hybridized carbons (Fsp3) is 0.294. The molecule has 2 aromatic heterocycles. The SMILES string of the molecule is COc1ccc(Cc2nc(C(C)c3ccco3)no2)c(C)c1. The van der Waals surface area contributed by atoms with Crippen LogP contribution in [0.4, 0.5) is 0 Å². The summed E-state index contributed by atoms with van der Waals surface area (Å²) in [6, 6.07) is 9.72. The molecule has 0 aliphatic carbocycles. The number of ether oxygens (including phenoxy) is 1. The lowest BCUT2D eigenvalue weighted by atomic mass is 10.1. The minimum atomic E-state index is -0.0236. The van der Waals surface area contributed by atoms with Crippen molar-refractivity contribution in [1.29, 1.82) is 0 Å². The molecule has 0 saturated heterocycles. The first-order valence-electron chi connectivity index (χ1n) is 7.16. The molecular weight excluding hydrogens is 280 g/mol. The second kappa shape index (κ2) is 6.05. The van der Waals surface area contributed by atoms with Crippen molar-refractivity contribution >= 4 is 0 Å². The molecule has 5 heteroatoms. The normalized spacial score (nSPS) is 12.3. The van der Waals surface area contributed by atoms with Gasteiger partial charge in [0.1, 0.15) is 11.5 Å². The average Bonchev–Trinajstić information content (AvgIpc) is 3.20. The van der Waals surface area contributed by atoms with Crippen molar-refractivity contribution in [3.8, 4) is 5.75 Å². The van der Waals surface area contributed by atoms with E-state index in [1.54, 1.807) is 13.4 Å². The van der Waals surface area contributed by atoms with Gasteiger partial charge in [-0.3, -0.25) is 0 Å². The molecule has 2 heterocycles. The summed E-state index contributed by atoms with van der Waals surface area (Å²) in [5, 5.41) is 4.06. The summed E-state index contributed by atoms with van der Waals surface area (Å²) >= 11 is 0. The number of rotatable bonds is 5. The Morgan fingerprint density at radius 3 is 2.82 bits per heavy atom. The second-order valence-electron chi connectivity index (χ2n) is 5.25. The zero-order chi connectivity index (χ0) is 15.5. The van der Waals surface area contributed by atoms with Gasteiger partial charge in [-0.2, -0.15) is 4.98 Å². The molecule has 1 aromatic carbocycles. The van der Waals surface area contributed by atoms with E-state index in [2.05, 4.69) is 10.1 Å². The highest BCUT2D eigenvalue weighted by molar-refractivity contribution is 5.36. The third-order valence-corrected chi connectivity index (χ3v) is 3.73. The number of hydrogen-bond acceptors (Lipinski definition) is 5. The molecule has 0 radical (unpaired) electrons. The van der Waals surface area contributed by atoms with Crippen molar-refractivity contribution in [1.82, 2.24) is 10.1 Å². The monoisotopic (exact) mass is 298 g/mol. The molecule has 0 amide bonds. The van der Waals surface area contributed by atoms with Gasteiger partial charge < -0.3 is 13.7 Å². The van der Waals surface area contributed by atoms with E-state index in [0.717, 1.165) is 22.6 Å². The molecular formula is C17H18N2O3. The van der Waals surface area contributed by atoms with E-state index in [1.165, 1.54) is 0 Å². The van der Waals surface area contributed by atoms with Crippen molar-refractivity contribution in [2.24, 2.45) is 0 Å². The third kappa shape index (κ3) is 2.88. The predicted molar refractivity (Wildman–Crippen MR) is 81.1 cm³/mol. The highest BCUT2D eigenvalue weighted by Crippen LogP contribution is 2.23. The van der Waals surface area contributed by atoms with Gasteiger partial charge in [-0.1, -0.05) is 11.2 Å². The fourth-order valence-electron chi connectivity index (χ4n) is 2.34. The highest BCUT2D eigenvalue weighted by Gasteiger charge is 2.18. The number of benzene rings is 1. The topological polar surface area (TPSA) is 61.3 Å². The van der Waals surface area contributed by atoms with Gasteiger partial charge in [-0.15, -0.1) is 0 Å².